The molecule has 6 nitrogen and oxygen atoms in total. The van der Waals surface area contributed by atoms with Crippen molar-refractivity contribution in [2.24, 2.45) is 0 Å². The molecule has 1 unspecified atom stereocenters. The second-order valence-electron chi connectivity index (χ2n) is 14.1. The Hall–Kier alpha value is -7.14. The van der Waals surface area contributed by atoms with Gasteiger partial charge in [0.25, 0.3) is 0 Å². The van der Waals surface area contributed by atoms with Crippen molar-refractivity contribution in [1.29, 1.82) is 0 Å². The van der Waals surface area contributed by atoms with E-state index in [1.165, 1.54) is 0 Å². The summed E-state index contributed by atoms with van der Waals surface area (Å²) in [5, 5.41) is 5.65. The second kappa shape index (κ2) is 12.7. The maximum Gasteiger partial charge on any atom is 0.172 e. The van der Waals surface area contributed by atoms with Crippen molar-refractivity contribution >= 4 is 55.8 Å². The smallest absolute Gasteiger partial charge is 0.172 e. The number of rotatable bonds is 5. The lowest BCUT2D eigenvalue weighted by Crippen LogP contribution is -2.20. The molecular weight excluding hydrogens is 706 g/mol. The van der Waals surface area contributed by atoms with E-state index < -0.39 is 7.14 Å². The quantitative estimate of drug-likeness (QED) is 0.0995. The van der Waals surface area contributed by atoms with Crippen molar-refractivity contribution in [3.8, 4) is 56.4 Å². The third-order valence-electron chi connectivity index (χ3n) is 10.7. The van der Waals surface area contributed by atoms with Gasteiger partial charge in [0.05, 0.1) is 16.6 Å². The molecule has 1 aliphatic rings. The third-order valence-corrected chi connectivity index (χ3v) is 13.9. The van der Waals surface area contributed by atoms with Gasteiger partial charge in [-0.2, -0.15) is 0 Å². The molecule has 7 heteroatoms. The third kappa shape index (κ3) is 5.19. The van der Waals surface area contributed by atoms with Gasteiger partial charge in [-0.3, -0.25) is 4.98 Å². The van der Waals surface area contributed by atoms with Gasteiger partial charge in [0.2, 0.25) is 0 Å². The van der Waals surface area contributed by atoms with E-state index in [4.69, 9.17) is 19.9 Å². The lowest BCUT2D eigenvalue weighted by Gasteiger charge is -2.16. The minimum atomic E-state index is -3.15. The molecule has 0 saturated heterocycles. The molecule has 0 amide bonds. The Bertz CT molecular complexity index is 3240. The first-order valence-corrected chi connectivity index (χ1v) is 20.2. The van der Waals surface area contributed by atoms with Crippen LogP contribution >= 0.6 is 7.14 Å². The van der Waals surface area contributed by atoms with Crippen LogP contribution in [0.5, 0.6) is 0 Å². The lowest BCUT2D eigenvalue weighted by atomic mass is 10.00. The van der Waals surface area contributed by atoms with Crippen molar-refractivity contribution in [2.45, 2.75) is 0 Å². The Labute approximate surface area is 322 Å². The van der Waals surface area contributed by atoms with Gasteiger partial charge in [0.15, 0.2) is 24.6 Å². The number of nitrogens with zero attached hydrogens (tertiary/aromatic N) is 5. The maximum atomic E-state index is 15.3. The highest BCUT2D eigenvalue weighted by molar-refractivity contribution is 7.86. The maximum absolute atomic E-state index is 15.3. The van der Waals surface area contributed by atoms with E-state index in [0.717, 1.165) is 87.6 Å². The Balaban J connectivity index is 1.03. The molecule has 0 bridgehead atoms. The summed E-state index contributed by atoms with van der Waals surface area (Å²) in [4.78, 5) is 24.8. The average Bonchev–Trinajstić information content (AvgIpc) is 3.54. The van der Waals surface area contributed by atoms with Gasteiger partial charge < -0.3 is 4.57 Å². The molecule has 1 aliphatic heterocycles. The van der Waals surface area contributed by atoms with Crippen molar-refractivity contribution < 1.29 is 4.57 Å². The zero-order chi connectivity index (χ0) is 37.2. The van der Waals surface area contributed by atoms with E-state index in [1.54, 1.807) is 0 Å². The Morgan fingerprint density at radius 1 is 0.375 bits per heavy atom. The first-order valence-electron chi connectivity index (χ1n) is 18.5. The SMILES string of the molecule is O=P1(c2ccccc2)c2ccccc2-c2ccc(-c3nc(-c4ccccc4)nc(-c4cccc(-c5ccc6nc7c(ccc8cccnc87)cc6c5)c4)n3)cc21. The zero-order valence-electron chi connectivity index (χ0n) is 29.9. The van der Waals surface area contributed by atoms with E-state index in [1.807, 2.05) is 115 Å². The van der Waals surface area contributed by atoms with E-state index in [-0.39, 0.29) is 0 Å². The molecule has 4 heterocycles. The summed E-state index contributed by atoms with van der Waals surface area (Å²) < 4.78 is 15.3. The van der Waals surface area contributed by atoms with Crippen LogP contribution in [0.1, 0.15) is 0 Å². The molecule has 11 rings (SSSR count). The van der Waals surface area contributed by atoms with Crippen LogP contribution in [0.25, 0.3) is 89.1 Å². The molecule has 7 aromatic carbocycles. The highest BCUT2D eigenvalue weighted by atomic mass is 31.2. The van der Waals surface area contributed by atoms with E-state index in [2.05, 4.69) is 71.7 Å². The fourth-order valence-corrected chi connectivity index (χ4v) is 11.1. The molecule has 0 fully saturated rings. The standard InChI is InChI=1S/C49H30N5OP/c55-56(39-16-5-2-6-17-39)43-19-8-7-18-40(43)41-24-22-37(30-44(41)56)49-53-47(32-11-3-1-4-12-32)52-48(54-49)36-14-9-13-33(27-36)34-23-25-42-38(28-34)29-35-21-20-31-15-10-26-50-45(31)46(35)51-42/h1-30H. The fraction of sp³-hybridized carbons (Fsp3) is 0. The topological polar surface area (TPSA) is 81.5 Å². The van der Waals surface area contributed by atoms with E-state index in [0.29, 0.717) is 17.5 Å². The molecule has 0 spiro atoms. The predicted molar refractivity (Wildman–Crippen MR) is 228 cm³/mol. The summed E-state index contributed by atoms with van der Waals surface area (Å²) in [5.41, 5.74) is 9.33. The molecule has 3 aromatic heterocycles. The molecule has 0 N–H and O–H groups in total. The number of fused-ring (bicyclic) bond motifs is 7. The zero-order valence-corrected chi connectivity index (χ0v) is 30.8. The average molecular weight is 736 g/mol. The summed E-state index contributed by atoms with van der Waals surface area (Å²) in [7, 11) is -3.15. The molecule has 0 aliphatic carbocycles. The van der Waals surface area contributed by atoms with Gasteiger partial charge in [-0.1, -0.05) is 140 Å². The first-order chi connectivity index (χ1) is 27.6. The number of benzene rings is 7. The monoisotopic (exact) mass is 735 g/mol. The normalized spacial score (nSPS) is 14.6. The van der Waals surface area contributed by atoms with E-state index in [9.17, 15) is 0 Å². The molecule has 262 valence electrons. The first kappa shape index (κ1) is 32.3. The van der Waals surface area contributed by atoms with Crippen LogP contribution in [0, 0.1) is 0 Å². The van der Waals surface area contributed by atoms with Gasteiger partial charge >= 0.3 is 0 Å². The van der Waals surface area contributed by atoms with Crippen molar-refractivity contribution in [3.63, 3.8) is 0 Å². The van der Waals surface area contributed by atoms with Crippen LogP contribution in [0.15, 0.2) is 182 Å². The summed E-state index contributed by atoms with van der Waals surface area (Å²) >= 11 is 0. The molecule has 10 aromatic rings. The molecular formula is C49H30N5OP. The second-order valence-corrected chi connectivity index (χ2v) is 16.8. The molecule has 0 radical (unpaired) electrons. The lowest BCUT2D eigenvalue weighted by molar-refractivity contribution is 0.593. The fourth-order valence-electron chi connectivity index (χ4n) is 7.99. The van der Waals surface area contributed by atoms with Crippen LogP contribution in [0.4, 0.5) is 0 Å². The van der Waals surface area contributed by atoms with Crippen LogP contribution in [-0.4, -0.2) is 24.9 Å². The van der Waals surface area contributed by atoms with Crippen LogP contribution in [-0.2, 0) is 4.57 Å². The van der Waals surface area contributed by atoms with Gasteiger partial charge in [0.1, 0.15) is 0 Å². The number of aromatic nitrogens is 5. The van der Waals surface area contributed by atoms with Crippen molar-refractivity contribution in [1.82, 2.24) is 24.9 Å². The predicted octanol–water partition coefficient (Wildman–Crippen LogP) is 10.4. The van der Waals surface area contributed by atoms with Crippen LogP contribution in [0.2, 0.25) is 0 Å². The summed E-state index contributed by atoms with van der Waals surface area (Å²) in [6, 6.07) is 59.0. The molecule has 1 atom stereocenters. The summed E-state index contributed by atoms with van der Waals surface area (Å²) in [6.45, 7) is 0. The number of pyridine rings is 2. The molecule has 56 heavy (non-hydrogen) atoms. The highest BCUT2D eigenvalue weighted by Gasteiger charge is 2.40. The highest BCUT2D eigenvalue weighted by Crippen LogP contribution is 2.52. The Morgan fingerprint density at radius 2 is 1.02 bits per heavy atom. The number of hydrogen-bond donors (Lipinski definition) is 0. The van der Waals surface area contributed by atoms with Gasteiger partial charge in [-0.25, -0.2) is 19.9 Å². The largest absolute Gasteiger partial charge is 0.309 e. The van der Waals surface area contributed by atoms with Gasteiger partial charge in [-0.05, 0) is 58.7 Å². The van der Waals surface area contributed by atoms with Gasteiger partial charge in [0, 0.05) is 55.0 Å². The van der Waals surface area contributed by atoms with Crippen molar-refractivity contribution in [2.75, 3.05) is 0 Å². The van der Waals surface area contributed by atoms with E-state index >= 15 is 4.57 Å². The molecule has 0 saturated carbocycles. The Kier molecular flexibility index (Phi) is 7.34. The number of hydrogen-bond acceptors (Lipinski definition) is 6. The minimum absolute atomic E-state index is 0.517. The minimum Gasteiger partial charge on any atom is -0.309 e. The summed E-state index contributed by atoms with van der Waals surface area (Å²) in [5.74, 6) is 1.64. The van der Waals surface area contributed by atoms with Crippen molar-refractivity contribution in [3.05, 3.63) is 182 Å². The Morgan fingerprint density at radius 3 is 1.86 bits per heavy atom. The van der Waals surface area contributed by atoms with Crippen LogP contribution in [0.3, 0.4) is 0 Å². The van der Waals surface area contributed by atoms with Gasteiger partial charge in [-0.15, -0.1) is 0 Å². The van der Waals surface area contributed by atoms with Crippen LogP contribution < -0.4 is 15.9 Å². The summed E-state index contributed by atoms with van der Waals surface area (Å²) in [6.07, 6.45) is 1.82.